The average Bonchev–Trinajstić information content (AvgIpc) is 2.34. The van der Waals surface area contributed by atoms with Crippen LogP contribution in [-0.2, 0) is 0 Å². The summed E-state index contributed by atoms with van der Waals surface area (Å²) in [4.78, 5) is 10.3. The van der Waals surface area contributed by atoms with Crippen molar-refractivity contribution >= 4 is 5.69 Å². The molecule has 0 amide bonds. The van der Waals surface area contributed by atoms with Crippen molar-refractivity contribution in [1.82, 2.24) is 5.32 Å². The Morgan fingerprint density at radius 3 is 3.00 bits per heavy atom. The van der Waals surface area contributed by atoms with E-state index in [1.165, 1.54) is 18.2 Å². The second-order valence-corrected chi connectivity index (χ2v) is 3.19. The first-order chi connectivity index (χ1) is 7.81. The SMILES string of the molecule is CNCCCOc1cc(N=O)ccc1C#N. The monoisotopic (exact) mass is 219 g/mol. The molecule has 84 valence electrons. The van der Waals surface area contributed by atoms with E-state index in [2.05, 4.69) is 10.5 Å². The fraction of sp³-hybridized carbons (Fsp3) is 0.364. The highest BCUT2D eigenvalue weighted by atomic mass is 16.5. The van der Waals surface area contributed by atoms with Crippen molar-refractivity contribution < 1.29 is 4.74 Å². The molecule has 1 aromatic carbocycles. The highest BCUT2D eigenvalue weighted by Gasteiger charge is 2.04. The molecule has 0 aliphatic heterocycles. The maximum absolute atomic E-state index is 10.3. The van der Waals surface area contributed by atoms with Gasteiger partial charge < -0.3 is 10.1 Å². The number of rotatable bonds is 6. The lowest BCUT2D eigenvalue weighted by Gasteiger charge is -2.07. The molecule has 0 aliphatic carbocycles. The summed E-state index contributed by atoms with van der Waals surface area (Å²) in [6.07, 6.45) is 0.833. The van der Waals surface area contributed by atoms with Gasteiger partial charge in [-0.25, -0.2) is 0 Å². The minimum Gasteiger partial charge on any atom is -0.492 e. The van der Waals surface area contributed by atoms with Gasteiger partial charge in [0.05, 0.1) is 12.2 Å². The highest BCUT2D eigenvalue weighted by molar-refractivity contribution is 5.52. The van der Waals surface area contributed by atoms with Gasteiger partial charge in [0, 0.05) is 6.07 Å². The van der Waals surface area contributed by atoms with E-state index in [0.29, 0.717) is 17.9 Å². The lowest BCUT2D eigenvalue weighted by molar-refractivity contribution is 0.309. The summed E-state index contributed by atoms with van der Waals surface area (Å²) in [7, 11) is 1.86. The van der Waals surface area contributed by atoms with E-state index in [1.54, 1.807) is 0 Å². The maximum atomic E-state index is 10.3. The molecule has 0 aromatic heterocycles. The molecule has 0 radical (unpaired) electrons. The number of ether oxygens (including phenoxy) is 1. The first-order valence-corrected chi connectivity index (χ1v) is 4.96. The number of nitrogens with one attached hydrogen (secondary N) is 1. The quantitative estimate of drug-likeness (QED) is 0.586. The molecule has 0 spiro atoms. The molecule has 0 aliphatic rings. The first kappa shape index (κ1) is 12.1. The van der Waals surface area contributed by atoms with E-state index >= 15 is 0 Å². The molecule has 0 saturated carbocycles. The summed E-state index contributed by atoms with van der Waals surface area (Å²) in [5.41, 5.74) is 0.680. The summed E-state index contributed by atoms with van der Waals surface area (Å²) in [6, 6.07) is 6.50. The molecule has 5 nitrogen and oxygen atoms in total. The standard InChI is InChI=1S/C11H13N3O2/c1-13-5-2-6-16-11-7-10(14-15)4-3-9(11)8-12/h3-4,7,13H,2,5-6H2,1H3. The van der Waals surface area contributed by atoms with Gasteiger partial charge in [-0.15, -0.1) is 4.91 Å². The molecule has 0 unspecified atom stereocenters. The zero-order valence-electron chi connectivity index (χ0n) is 9.06. The van der Waals surface area contributed by atoms with Crippen molar-refractivity contribution in [3.63, 3.8) is 0 Å². The third kappa shape index (κ3) is 3.33. The van der Waals surface area contributed by atoms with Crippen molar-refractivity contribution in [2.24, 2.45) is 5.18 Å². The van der Waals surface area contributed by atoms with Gasteiger partial charge in [0.25, 0.3) is 0 Å². The molecule has 0 heterocycles. The van der Waals surface area contributed by atoms with E-state index in [-0.39, 0.29) is 5.69 Å². The minimum absolute atomic E-state index is 0.266. The molecule has 0 bridgehead atoms. The van der Waals surface area contributed by atoms with E-state index in [9.17, 15) is 4.91 Å². The van der Waals surface area contributed by atoms with Gasteiger partial charge in [-0.1, -0.05) is 0 Å². The van der Waals surface area contributed by atoms with E-state index in [4.69, 9.17) is 10.00 Å². The van der Waals surface area contributed by atoms with Gasteiger partial charge in [0.15, 0.2) is 0 Å². The van der Waals surface area contributed by atoms with Crippen LogP contribution in [0.25, 0.3) is 0 Å². The van der Waals surface area contributed by atoms with Crippen LogP contribution >= 0.6 is 0 Å². The van der Waals surface area contributed by atoms with Crippen LogP contribution in [0.2, 0.25) is 0 Å². The van der Waals surface area contributed by atoms with Crippen LogP contribution in [0.3, 0.4) is 0 Å². The molecule has 1 rings (SSSR count). The van der Waals surface area contributed by atoms with Gasteiger partial charge in [-0.3, -0.25) is 0 Å². The van der Waals surface area contributed by atoms with Crippen molar-refractivity contribution in [2.75, 3.05) is 20.2 Å². The number of hydrogen-bond donors (Lipinski definition) is 1. The topological polar surface area (TPSA) is 74.5 Å². The Kier molecular flexibility index (Phi) is 4.96. The van der Waals surface area contributed by atoms with E-state index in [0.717, 1.165) is 13.0 Å². The van der Waals surface area contributed by atoms with Crippen molar-refractivity contribution in [3.05, 3.63) is 28.7 Å². The summed E-state index contributed by atoms with van der Waals surface area (Å²) in [6.45, 7) is 1.34. The molecule has 5 heteroatoms. The normalized spacial score (nSPS) is 9.50. The first-order valence-electron chi connectivity index (χ1n) is 4.96. The molecular formula is C11H13N3O2. The average molecular weight is 219 g/mol. The van der Waals surface area contributed by atoms with Gasteiger partial charge in [-0.2, -0.15) is 5.26 Å². The second-order valence-electron chi connectivity index (χ2n) is 3.19. The van der Waals surface area contributed by atoms with Crippen LogP contribution in [0, 0.1) is 16.2 Å². The van der Waals surface area contributed by atoms with Crippen molar-refractivity contribution in [2.45, 2.75) is 6.42 Å². The van der Waals surface area contributed by atoms with Gasteiger partial charge >= 0.3 is 0 Å². The number of nitriles is 1. The maximum Gasteiger partial charge on any atom is 0.139 e. The summed E-state index contributed by atoms with van der Waals surface area (Å²) >= 11 is 0. The molecule has 1 aromatic rings. The number of nitroso groups, excluding NO2 is 1. The van der Waals surface area contributed by atoms with Crippen molar-refractivity contribution in [1.29, 1.82) is 5.26 Å². The van der Waals surface area contributed by atoms with E-state index < -0.39 is 0 Å². The van der Waals surface area contributed by atoms with Crippen LogP contribution in [-0.4, -0.2) is 20.2 Å². The van der Waals surface area contributed by atoms with Crippen LogP contribution in [0.15, 0.2) is 23.4 Å². The lowest BCUT2D eigenvalue weighted by Crippen LogP contribution is -2.11. The third-order valence-electron chi connectivity index (χ3n) is 2.02. The third-order valence-corrected chi connectivity index (χ3v) is 2.02. The zero-order valence-corrected chi connectivity index (χ0v) is 9.06. The largest absolute Gasteiger partial charge is 0.492 e. The molecule has 16 heavy (non-hydrogen) atoms. The van der Waals surface area contributed by atoms with Crippen LogP contribution in [0.1, 0.15) is 12.0 Å². The number of nitrogens with zero attached hydrogens (tertiary/aromatic N) is 2. The lowest BCUT2D eigenvalue weighted by atomic mass is 10.2. The number of benzene rings is 1. The Bertz CT molecular complexity index is 399. The fourth-order valence-electron chi connectivity index (χ4n) is 1.21. The molecule has 0 fully saturated rings. The fourth-order valence-corrected chi connectivity index (χ4v) is 1.21. The van der Waals surface area contributed by atoms with Gasteiger partial charge in [0.2, 0.25) is 0 Å². The van der Waals surface area contributed by atoms with Crippen molar-refractivity contribution in [3.8, 4) is 11.8 Å². The molecular weight excluding hydrogens is 206 g/mol. The molecule has 0 saturated heterocycles. The molecule has 0 atom stereocenters. The molecule has 1 N–H and O–H groups in total. The number of hydrogen-bond acceptors (Lipinski definition) is 5. The van der Waals surface area contributed by atoms with Crippen LogP contribution < -0.4 is 10.1 Å². The predicted octanol–water partition coefficient (Wildman–Crippen LogP) is 1.94. The summed E-state index contributed by atoms with van der Waals surface area (Å²) < 4.78 is 5.41. The zero-order chi connectivity index (χ0) is 11.8. The summed E-state index contributed by atoms with van der Waals surface area (Å²) in [5, 5.41) is 14.6. The Morgan fingerprint density at radius 2 is 2.38 bits per heavy atom. The van der Waals surface area contributed by atoms with Crippen LogP contribution in [0.5, 0.6) is 5.75 Å². The highest BCUT2D eigenvalue weighted by Crippen LogP contribution is 2.24. The van der Waals surface area contributed by atoms with Gasteiger partial charge in [-0.05, 0) is 37.3 Å². The smallest absolute Gasteiger partial charge is 0.139 e. The Hall–Kier alpha value is -1.93. The Labute approximate surface area is 94.0 Å². The Balaban J connectivity index is 2.68. The van der Waals surface area contributed by atoms with Gasteiger partial charge in [0.1, 0.15) is 17.5 Å². The second kappa shape index (κ2) is 6.53. The summed E-state index contributed by atoms with van der Waals surface area (Å²) in [5.74, 6) is 0.413. The minimum atomic E-state index is 0.266. The Morgan fingerprint density at radius 1 is 1.56 bits per heavy atom. The van der Waals surface area contributed by atoms with E-state index in [1.807, 2.05) is 13.1 Å². The predicted molar refractivity (Wildman–Crippen MR) is 60.7 cm³/mol. The van der Waals surface area contributed by atoms with Crippen LogP contribution in [0.4, 0.5) is 5.69 Å².